The Hall–Kier alpha value is -4.35. The fraction of sp³-hybridized carbons (Fsp3) is 0.200. The zero-order valence-electron chi connectivity index (χ0n) is 16.8. The van der Waals surface area contributed by atoms with Gasteiger partial charge < -0.3 is 14.3 Å². The highest BCUT2D eigenvalue weighted by Gasteiger charge is 2.38. The summed E-state index contributed by atoms with van der Waals surface area (Å²) in [6.07, 6.45) is 3.89. The number of carbonyl (C=O) groups is 1. The molecule has 0 radical (unpaired) electrons. The van der Waals surface area contributed by atoms with E-state index in [0.29, 0.717) is 35.6 Å². The zero-order chi connectivity index (χ0) is 21.8. The molecule has 0 saturated carbocycles. The number of nitrogens with one attached hydrogen (secondary N) is 1. The van der Waals surface area contributed by atoms with E-state index in [4.69, 9.17) is 4.42 Å². The standard InChI is InChI=1S/C20H16FN9O2/c1-28-7-5-13(26-28)18-24-25-19(32-18)20(31)29-8-6-12-16(23-10-22-12)17(29)14-9-11-3-2-4-15(21)30(11)27-14/h2-5,7,9-10,17H,6,8H2,1H3,(H,22,23)/t17-/m0/s1. The topological polar surface area (TPSA) is 123 Å². The van der Waals surface area contributed by atoms with Crippen molar-refractivity contribution in [1.29, 1.82) is 0 Å². The molecule has 0 aromatic carbocycles. The van der Waals surface area contributed by atoms with Gasteiger partial charge in [-0.15, -0.1) is 10.2 Å². The normalized spacial score (nSPS) is 15.9. The second-order valence-corrected chi connectivity index (χ2v) is 7.46. The highest BCUT2D eigenvalue weighted by molar-refractivity contribution is 5.90. The predicted molar refractivity (Wildman–Crippen MR) is 107 cm³/mol. The number of carbonyl (C=O) groups excluding carboxylic acids is 1. The van der Waals surface area contributed by atoms with Crippen molar-refractivity contribution in [1.82, 2.24) is 44.5 Å². The summed E-state index contributed by atoms with van der Waals surface area (Å²) in [5, 5.41) is 16.5. The number of halogens is 1. The van der Waals surface area contributed by atoms with E-state index in [-0.39, 0.29) is 11.8 Å². The van der Waals surface area contributed by atoms with Crippen LogP contribution in [0.4, 0.5) is 4.39 Å². The van der Waals surface area contributed by atoms with Gasteiger partial charge in [-0.05, 0) is 24.3 Å². The van der Waals surface area contributed by atoms with Gasteiger partial charge in [0, 0.05) is 31.9 Å². The Morgan fingerprint density at radius 3 is 2.97 bits per heavy atom. The number of hydrogen-bond acceptors (Lipinski definition) is 7. The van der Waals surface area contributed by atoms with Gasteiger partial charge in [0.25, 0.3) is 5.89 Å². The van der Waals surface area contributed by atoms with E-state index < -0.39 is 17.9 Å². The molecule has 6 heterocycles. The first kappa shape index (κ1) is 18.4. The van der Waals surface area contributed by atoms with Gasteiger partial charge in [-0.1, -0.05) is 6.07 Å². The highest BCUT2D eigenvalue weighted by Crippen LogP contribution is 2.34. The second-order valence-electron chi connectivity index (χ2n) is 7.46. The average Bonchev–Trinajstić information content (AvgIpc) is 3.57. The number of aryl methyl sites for hydroxylation is 1. The Bertz CT molecular complexity index is 1460. The van der Waals surface area contributed by atoms with Gasteiger partial charge in [-0.2, -0.15) is 14.6 Å². The summed E-state index contributed by atoms with van der Waals surface area (Å²) in [7, 11) is 1.77. The maximum atomic E-state index is 14.2. The van der Waals surface area contributed by atoms with Crippen LogP contribution in [0.25, 0.3) is 17.1 Å². The third-order valence-corrected chi connectivity index (χ3v) is 5.47. The van der Waals surface area contributed by atoms with Crippen LogP contribution in [0.15, 0.2) is 47.3 Å². The van der Waals surface area contributed by atoms with Gasteiger partial charge in [0.05, 0.1) is 23.2 Å². The number of H-pyrrole nitrogens is 1. The van der Waals surface area contributed by atoms with Crippen LogP contribution >= 0.6 is 0 Å². The number of rotatable bonds is 3. The second kappa shape index (κ2) is 6.83. The summed E-state index contributed by atoms with van der Waals surface area (Å²) >= 11 is 0. The number of amides is 1. The summed E-state index contributed by atoms with van der Waals surface area (Å²) in [5.41, 5.74) is 3.08. The van der Waals surface area contributed by atoms with Crippen LogP contribution in [0.5, 0.6) is 0 Å². The van der Waals surface area contributed by atoms with Crippen molar-refractivity contribution in [2.24, 2.45) is 7.05 Å². The number of fused-ring (bicyclic) bond motifs is 2. The van der Waals surface area contributed by atoms with Crippen molar-refractivity contribution in [3.63, 3.8) is 0 Å². The average molecular weight is 433 g/mol. The molecular weight excluding hydrogens is 417 g/mol. The molecule has 1 aliphatic heterocycles. The van der Waals surface area contributed by atoms with Gasteiger partial charge in [-0.3, -0.25) is 9.48 Å². The Balaban J connectivity index is 1.41. The Morgan fingerprint density at radius 2 is 2.16 bits per heavy atom. The molecule has 0 bridgehead atoms. The lowest BCUT2D eigenvalue weighted by atomic mass is 9.99. The Labute approximate surface area is 179 Å². The zero-order valence-corrected chi connectivity index (χ0v) is 16.8. The first-order valence-electron chi connectivity index (χ1n) is 9.89. The van der Waals surface area contributed by atoms with Gasteiger partial charge in [0.1, 0.15) is 11.7 Å². The molecule has 12 heteroatoms. The molecule has 1 amide bonds. The predicted octanol–water partition coefficient (Wildman–Crippen LogP) is 1.77. The quantitative estimate of drug-likeness (QED) is 0.430. The molecule has 160 valence electrons. The van der Waals surface area contributed by atoms with Crippen molar-refractivity contribution in [2.45, 2.75) is 12.5 Å². The summed E-state index contributed by atoms with van der Waals surface area (Å²) in [4.78, 5) is 22.5. The number of hydrogen-bond donors (Lipinski definition) is 1. The third-order valence-electron chi connectivity index (χ3n) is 5.47. The van der Waals surface area contributed by atoms with Crippen LogP contribution in [-0.4, -0.2) is 56.9 Å². The molecule has 1 atom stereocenters. The van der Waals surface area contributed by atoms with Crippen molar-refractivity contribution in [3.8, 4) is 11.6 Å². The minimum Gasteiger partial charge on any atom is -0.411 e. The first-order chi connectivity index (χ1) is 15.6. The van der Waals surface area contributed by atoms with Crippen molar-refractivity contribution in [3.05, 3.63) is 71.8 Å². The fourth-order valence-corrected chi connectivity index (χ4v) is 3.99. The largest absolute Gasteiger partial charge is 0.411 e. The Kier molecular flexibility index (Phi) is 3.93. The lowest BCUT2D eigenvalue weighted by molar-refractivity contribution is 0.0646. The molecule has 11 nitrogen and oxygen atoms in total. The summed E-state index contributed by atoms with van der Waals surface area (Å²) in [6.45, 7) is 0.371. The van der Waals surface area contributed by atoms with Gasteiger partial charge >= 0.3 is 11.8 Å². The summed E-state index contributed by atoms with van der Waals surface area (Å²) in [6, 6.07) is 7.50. The van der Waals surface area contributed by atoms with E-state index in [1.807, 2.05) is 0 Å². The first-order valence-corrected chi connectivity index (χ1v) is 9.89. The maximum absolute atomic E-state index is 14.2. The molecule has 0 saturated heterocycles. The smallest absolute Gasteiger partial charge is 0.312 e. The maximum Gasteiger partial charge on any atom is 0.312 e. The third kappa shape index (κ3) is 2.80. The van der Waals surface area contributed by atoms with E-state index in [9.17, 15) is 9.18 Å². The molecule has 0 unspecified atom stereocenters. The molecular formula is C20H16FN9O2. The molecule has 0 fully saturated rings. The van der Waals surface area contributed by atoms with Crippen LogP contribution in [0.2, 0.25) is 0 Å². The lowest BCUT2D eigenvalue weighted by Gasteiger charge is -2.32. The molecule has 32 heavy (non-hydrogen) atoms. The van der Waals surface area contributed by atoms with E-state index in [2.05, 4.69) is 30.4 Å². The fourth-order valence-electron chi connectivity index (χ4n) is 3.99. The molecule has 0 aliphatic carbocycles. The van der Waals surface area contributed by atoms with Crippen molar-refractivity contribution < 1.29 is 13.6 Å². The van der Waals surface area contributed by atoms with E-state index >= 15 is 0 Å². The molecule has 1 aliphatic rings. The van der Waals surface area contributed by atoms with Crippen molar-refractivity contribution >= 4 is 11.4 Å². The molecule has 6 rings (SSSR count). The van der Waals surface area contributed by atoms with Crippen molar-refractivity contribution in [2.75, 3.05) is 6.54 Å². The minimum atomic E-state index is -0.637. The van der Waals surface area contributed by atoms with Crippen LogP contribution < -0.4 is 0 Å². The number of imidazole rings is 1. The lowest BCUT2D eigenvalue weighted by Crippen LogP contribution is -2.41. The van der Waals surface area contributed by atoms with E-state index in [1.165, 1.54) is 10.6 Å². The van der Waals surface area contributed by atoms with E-state index in [1.54, 1.807) is 53.4 Å². The molecule has 5 aromatic heterocycles. The molecule has 1 N–H and O–H groups in total. The monoisotopic (exact) mass is 433 g/mol. The SMILES string of the molecule is Cn1ccc(-c2nnc(C(=O)N3CCc4[nH]cnc4[C@@H]3c3cc4cccc(F)n4n3)o2)n1. The summed E-state index contributed by atoms with van der Waals surface area (Å²) in [5.74, 6) is -0.972. The number of nitrogens with zero attached hydrogens (tertiary/aromatic N) is 8. The molecule has 0 spiro atoms. The highest BCUT2D eigenvalue weighted by atomic mass is 19.1. The minimum absolute atomic E-state index is 0.151. The summed E-state index contributed by atoms with van der Waals surface area (Å²) < 4.78 is 22.7. The Morgan fingerprint density at radius 1 is 1.25 bits per heavy atom. The van der Waals surface area contributed by atoms with Gasteiger partial charge in [0.2, 0.25) is 5.95 Å². The van der Waals surface area contributed by atoms with E-state index in [0.717, 1.165) is 5.69 Å². The van der Waals surface area contributed by atoms with Crippen LogP contribution in [0.3, 0.4) is 0 Å². The molecule has 5 aromatic rings. The van der Waals surface area contributed by atoms with Crippen LogP contribution in [0.1, 0.15) is 33.8 Å². The number of aromatic nitrogens is 8. The van der Waals surface area contributed by atoms with Gasteiger partial charge in [0.15, 0.2) is 0 Å². The number of aromatic amines is 1. The van der Waals surface area contributed by atoms with Crippen LogP contribution in [0, 0.1) is 5.95 Å². The number of pyridine rings is 1. The van der Waals surface area contributed by atoms with Gasteiger partial charge in [-0.25, -0.2) is 9.50 Å². The van der Waals surface area contributed by atoms with Crippen LogP contribution in [-0.2, 0) is 13.5 Å².